The number of carbonyl (C=O) groups excluding carboxylic acids is 2. The standard InChI is InChI=1S/C19H22N2O4/c1-3-25-18-15(10-7-11-16(18)20)19(23)21(13-17(22)24-2)12-14-8-5-4-6-9-14/h4-11H,3,12-13,20H2,1-2H3. The monoisotopic (exact) mass is 342 g/mol. The van der Waals surface area contributed by atoms with Crippen molar-refractivity contribution in [1.29, 1.82) is 0 Å². The first-order valence-corrected chi connectivity index (χ1v) is 7.98. The van der Waals surface area contributed by atoms with E-state index in [0.717, 1.165) is 5.56 Å². The van der Waals surface area contributed by atoms with Crippen LogP contribution in [0.25, 0.3) is 0 Å². The van der Waals surface area contributed by atoms with Gasteiger partial charge in [-0.05, 0) is 24.6 Å². The number of hydrogen-bond donors (Lipinski definition) is 1. The van der Waals surface area contributed by atoms with Crippen molar-refractivity contribution in [3.63, 3.8) is 0 Å². The fourth-order valence-corrected chi connectivity index (χ4v) is 2.42. The van der Waals surface area contributed by atoms with Gasteiger partial charge in [0.15, 0.2) is 5.75 Å². The predicted molar refractivity (Wildman–Crippen MR) is 95.2 cm³/mol. The van der Waals surface area contributed by atoms with E-state index < -0.39 is 5.97 Å². The molecule has 2 N–H and O–H groups in total. The van der Waals surface area contributed by atoms with Gasteiger partial charge in [0.2, 0.25) is 0 Å². The molecule has 0 aliphatic heterocycles. The zero-order valence-electron chi connectivity index (χ0n) is 14.4. The number of para-hydroxylation sites is 1. The van der Waals surface area contributed by atoms with Crippen molar-refractivity contribution in [2.75, 3.05) is 26.0 Å². The Bertz CT molecular complexity index is 731. The molecule has 0 aliphatic carbocycles. The second-order valence-electron chi connectivity index (χ2n) is 5.38. The van der Waals surface area contributed by atoms with Crippen molar-refractivity contribution >= 4 is 17.6 Å². The van der Waals surface area contributed by atoms with Crippen LogP contribution in [0.15, 0.2) is 48.5 Å². The zero-order valence-corrected chi connectivity index (χ0v) is 14.4. The number of amides is 1. The molecule has 25 heavy (non-hydrogen) atoms. The second kappa shape index (κ2) is 8.73. The average molecular weight is 342 g/mol. The molecule has 0 aromatic heterocycles. The van der Waals surface area contributed by atoms with Gasteiger partial charge in [0.1, 0.15) is 6.54 Å². The van der Waals surface area contributed by atoms with Crippen molar-refractivity contribution in [3.8, 4) is 5.75 Å². The number of benzene rings is 2. The van der Waals surface area contributed by atoms with E-state index in [9.17, 15) is 9.59 Å². The lowest BCUT2D eigenvalue weighted by molar-refractivity contribution is -0.141. The maximum absolute atomic E-state index is 13.0. The van der Waals surface area contributed by atoms with Crippen LogP contribution in [-0.4, -0.2) is 37.0 Å². The van der Waals surface area contributed by atoms with Gasteiger partial charge in [-0.3, -0.25) is 9.59 Å². The van der Waals surface area contributed by atoms with E-state index in [4.69, 9.17) is 15.2 Å². The number of carbonyl (C=O) groups is 2. The van der Waals surface area contributed by atoms with Gasteiger partial charge in [-0.2, -0.15) is 0 Å². The minimum absolute atomic E-state index is 0.162. The Kier molecular flexibility index (Phi) is 6.39. The number of hydrogen-bond acceptors (Lipinski definition) is 5. The first-order chi connectivity index (χ1) is 12.1. The van der Waals surface area contributed by atoms with Gasteiger partial charge >= 0.3 is 5.97 Å². The van der Waals surface area contributed by atoms with E-state index >= 15 is 0 Å². The van der Waals surface area contributed by atoms with Gasteiger partial charge in [0.25, 0.3) is 5.91 Å². The fraction of sp³-hybridized carbons (Fsp3) is 0.263. The molecule has 2 aromatic rings. The summed E-state index contributed by atoms with van der Waals surface area (Å²) in [6.07, 6.45) is 0. The van der Waals surface area contributed by atoms with Crippen LogP contribution in [0.2, 0.25) is 0 Å². The zero-order chi connectivity index (χ0) is 18.2. The number of rotatable bonds is 7. The van der Waals surface area contributed by atoms with E-state index in [1.807, 2.05) is 37.3 Å². The Morgan fingerprint density at radius 3 is 2.44 bits per heavy atom. The van der Waals surface area contributed by atoms with Crippen molar-refractivity contribution in [2.45, 2.75) is 13.5 Å². The van der Waals surface area contributed by atoms with E-state index in [1.54, 1.807) is 18.2 Å². The quantitative estimate of drug-likeness (QED) is 0.617. The molecule has 2 aromatic carbocycles. The molecule has 0 heterocycles. The lowest BCUT2D eigenvalue weighted by atomic mass is 10.1. The van der Waals surface area contributed by atoms with Crippen LogP contribution in [0, 0.1) is 0 Å². The van der Waals surface area contributed by atoms with Crippen molar-refractivity contribution in [3.05, 3.63) is 59.7 Å². The van der Waals surface area contributed by atoms with Crippen LogP contribution in [0.1, 0.15) is 22.8 Å². The third kappa shape index (κ3) is 4.73. The number of ether oxygens (including phenoxy) is 2. The summed E-state index contributed by atoms with van der Waals surface area (Å²) < 4.78 is 10.2. The third-order valence-corrected chi connectivity index (χ3v) is 3.62. The summed E-state index contributed by atoms with van der Waals surface area (Å²) in [7, 11) is 1.29. The molecule has 0 bridgehead atoms. The molecule has 0 aliphatic rings. The highest BCUT2D eigenvalue weighted by Gasteiger charge is 2.23. The highest BCUT2D eigenvalue weighted by Crippen LogP contribution is 2.28. The van der Waals surface area contributed by atoms with Gasteiger partial charge < -0.3 is 20.1 Å². The van der Waals surface area contributed by atoms with E-state index in [1.165, 1.54) is 12.0 Å². The smallest absolute Gasteiger partial charge is 0.325 e. The Hall–Kier alpha value is -3.02. The molecule has 132 valence electrons. The molecule has 0 radical (unpaired) electrons. The molecule has 0 fully saturated rings. The predicted octanol–water partition coefficient (Wildman–Crippen LogP) is 2.48. The molecular weight excluding hydrogens is 320 g/mol. The van der Waals surface area contributed by atoms with Crippen molar-refractivity contribution in [1.82, 2.24) is 4.90 Å². The van der Waals surface area contributed by atoms with E-state index in [0.29, 0.717) is 23.6 Å². The number of nitrogen functional groups attached to an aromatic ring is 1. The van der Waals surface area contributed by atoms with Crippen LogP contribution in [0.4, 0.5) is 5.69 Å². The average Bonchev–Trinajstić information content (AvgIpc) is 2.63. The molecule has 1 amide bonds. The van der Waals surface area contributed by atoms with Crippen molar-refractivity contribution in [2.24, 2.45) is 0 Å². The molecule has 0 atom stereocenters. The van der Waals surface area contributed by atoms with Gasteiger partial charge in [-0.1, -0.05) is 36.4 Å². The summed E-state index contributed by atoms with van der Waals surface area (Å²) in [6.45, 7) is 2.31. The van der Waals surface area contributed by atoms with Crippen molar-refractivity contribution < 1.29 is 19.1 Å². The largest absolute Gasteiger partial charge is 0.491 e. The lowest BCUT2D eigenvalue weighted by Crippen LogP contribution is -2.36. The molecule has 6 nitrogen and oxygen atoms in total. The molecule has 0 saturated heterocycles. The number of methoxy groups -OCH3 is 1. The van der Waals surface area contributed by atoms with Crippen LogP contribution >= 0.6 is 0 Å². The Morgan fingerprint density at radius 1 is 1.08 bits per heavy atom. The van der Waals surface area contributed by atoms with E-state index in [-0.39, 0.29) is 19.0 Å². The maximum atomic E-state index is 13.0. The Balaban J connectivity index is 2.34. The second-order valence-corrected chi connectivity index (χ2v) is 5.38. The Morgan fingerprint density at radius 2 is 1.80 bits per heavy atom. The Labute approximate surface area is 147 Å². The number of nitrogens with zero attached hydrogens (tertiary/aromatic N) is 1. The minimum Gasteiger partial charge on any atom is -0.491 e. The summed E-state index contributed by atoms with van der Waals surface area (Å²) >= 11 is 0. The molecule has 6 heteroatoms. The number of nitrogens with two attached hydrogens (primary N) is 1. The van der Waals surface area contributed by atoms with Crippen LogP contribution in [0.5, 0.6) is 5.75 Å². The number of anilines is 1. The first-order valence-electron chi connectivity index (χ1n) is 7.98. The molecule has 0 unspecified atom stereocenters. The molecular formula is C19H22N2O4. The summed E-state index contributed by atoms with van der Waals surface area (Å²) in [4.78, 5) is 26.2. The summed E-state index contributed by atoms with van der Waals surface area (Å²) in [5, 5.41) is 0. The fourth-order valence-electron chi connectivity index (χ4n) is 2.42. The van der Waals surface area contributed by atoms with Gasteiger partial charge in [0.05, 0.1) is 25.0 Å². The minimum atomic E-state index is -0.494. The number of esters is 1. The van der Waals surface area contributed by atoms with Gasteiger partial charge in [-0.15, -0.1) is 0 Å². The normalized spacial score (nSPS) is 10.2. The summed E-state index contributed by atoms with van der Waals surface area (Å²) in [6, 6.07) is 14.4. The van der Waals surface area contributed by atoms with Gasteiger partial charge in [0, 0.05) is 6.54 Å². The van der Waals surface area contributed by atoms with Gasteiger partial charge in [-0.25, -0.2) is 0 Å². The van der Waals surface area contributed by atoms with E-state index in [2.05, 4.69) is 0 Å². The summed E-state index contributed by atoms with van der Waals surface area (Å²) in [5.41, 5.74) is 7.54. The van der Waals surface area contributed by atoms with Crippen LogP contribution < -0.4 is 10.5 Å². The molecule has 2 rings (SSSR count). The SMILES string of the molecule is CCOc1c(N)cccc1C(=O)N(CC(=O)OC)Cc1ccccc1. The molecule has 0 saturated carbocycles. The van der Waals surface area contributed by atoms with Crippen LogP contribution in [0.3, 0.4) is 0 Å². The first kappa shape index (κ1) is 18.3. The molecule has 0 spiro atoms. The topological polar surface area (TPSA) is 81.9 Å². The highest BCUT2D eigenvalue weighted by molar-refractivity contribution is 5.99. The van der Waals surface area contributed by atoms with Crippen LogP contribution in [-0.2, 0) is 16.1 Å². The lowest BCUT2D eigenvalue weighted by Gasteiger charge is -2.23. The summed E-state index contributed by atoms with van der Waals surface area (Å²) in [5.74, 6) is -0.505. The highest BCUT2D eigenvalue weighted by atomic mass is 16.5. The third-order valence-electron chi connectivity index (χ3n) is 3.62. The maximum Gasteiger partial charge on any atom is 0.325 e.